The highest BCUT2D eigenvalue weighted by molar-refractivity contribution is 6.02. The van der Waals surface area contributed by atoms with E-state index in [0.717, 1.165) is 25.9 Å². The van der Waals surface area contributed by atoms with E-state index in [9.17, 15) is 9.59 Å². The molecule has 1 saturated heterocycles. The van der Waals surface area contributed by atoms with Gasteiger partial charge in [-0.2, -0.15) is 0 Å². The van der Waals surface area contributed by atoms with Crippen LogP contribution in [0.5, 0.6) is 0 Å². The summed E-state index contributed by atoms with van der Waals surface area (Å²) in [7, 11) is 0. The van der Waals surface area contributed by atoms with Crippen LogP contribution in [0.3, 0.4) is 0 Å². The number of nitrogens with zero attached hydrogens (tertiary/aromatic N) is 2. The van der Waals surface area contributed by atoms with E-state index in [1.807, 2.05) is 26.0 Å². The molecule has 0 spiro atoms. The van der Waals surface area contributed by atoms with Gasteiger partial charge >= 0.3 is 0 Å². The van der Waals surface area contributed by atoms with Crippen molar-refractivity contribution in [3.05, 3.63) is 35.9 Å². The summed E-state index contributed by atoms with van der Waals surface area (Å²) in [5.74, 6) is -0.363. The molecule has 2 aromatic rings. The van der Waals surface area contributed by atoms with Crippen molar-refractivity contribution in [1.82, 2.24) is 20.0 Å². The Morgan fingerprint density at radius 3 is 2.96 bits per heavy atom. The second-order valence-corrected chi connectivity index (χ2v) is 6.37. The Hall–Kier alpha value is -2.41. The third kappa shape index (κ3) is 3.82. The fourth-order valence-electron chi connectivity index (χ4n) is 2.85. The van der Waals surface area contributed by atoms with Crippen LogP contribution in [0.15, 0.2) is 24.4 Å². The molecule has 2 atom stereocenters. The van der Waals surface area contributed by atoms with E-state index >= 15 is 0 Å². The Bertz CT molecular complexity index is 765. The molecule has 7 nitrogen and oxygen atoms in total. The van der Waals surface area contributed by atoms with E-state index in [4.69, 9.17) is 4.74 Å². The van der Waals surface area contributed by atoms with Crippen LogP contribution < -0.4 is 10.6 Å². The first kappa shape index (κ1) is 17.4. The van der Waals surface area contributed by atoms with Crippen LogP contribution in [0.25, 0.3) is 5.52 Å². The molecule has 2 unspecified atom stereocenters. The standard InChI is InChI=1S/C18H24N4O3/c1-3-12(2)20-17(23)15-14-8-4-5-9-22(14)16(21-15)18(24)19-11-13-7-6-10-25-13/h4-5,8-9,12-13H,3,6-7,10-11H2,1-2H3,(H,19,24)(H,20,23). The number of carbonyl (C=O) groups excluding carboxylic acids is 2. The number of amides is 2. The van der Waals surface area contributed by atoms with Crippen molar-refractivity contribution < 1.29 is 14.3 Å². The Labute approximate surface area is 146 Å². The summed E-state index contributed by atoms with van der Waals surface area (Å²) in [5.41, 5.74) is 0.883. The second kappa shape index (κ2) is 7.65. The van der Waals surface area contributed by atoms with Gasteiger partial charge in [-0.1, -0.05) is 13.0 Å². The summed E-state index contributed by atoms with van der Waals surface area (Å²) in [6.45, 7) is 5.13. The van der Waals surface area contributed by atoms with Crippen molar-refractivity contribution in [1.29, 1.82) is 0 Å². The van der Waals surface area contributed by atoms with Crippen molar-refractivity contribution in [2.24, 2.45) is 0 Å². The number of hydrogen-bond acceptors (Lipinski definition) is 4. The van der Waals surface area contributed by atoms with Crippen LogP contribution in [-0.4, -0.2) is 46.5 Å². The van der Waals surface area contributed by atoms with Gasteiger partial charge < -0.3 is 15.4 Å². The molecular formula is C18H24N4O3. The molecule has 1 fully saturated rings. The number of hydrogen-bond donors (Lipinski definition) is 2. The van der Waals surface area contributed by atoms with E-state index in [2.05, 4.69) is 15.6 Å². The minimum absolute atomic E-state index is 0.0461. The number of pyridine rings is 1. The van der Waals surface area contributed by atoms with Crippen LogP contribution in [0.2, 0.25) is 0 Å². The second-order valence-electron chi connectivity index (χ2n) is 6.37. The number of nitrogens with one attached hydrogen (secondary N) is 2. The van der Waals surface area contributed by atoms with E-state index in [0.29, 0.717) is 12.1 Å². The van der Waals surface area contributed by atoms with E-state index in [1.165, 1.54) is 0 Å². The molecule has 7 heteroatoms. The van der Waals surface area contributed by atoms with E-state index in [-0.39, 0.29) is 35.5 Å². The number of fused-ring (bicyclic) bond motifs is 1. The van der Waals surface area contributed by atoms with Gasteiger partial charge in [0, 0.05) is 25.4 Å². The number of rotatable bonds is 6. The number of ether oxygens (including phenoxy) is 1. The first-order valence-corrected chi connectivity index (χ1v) is 8.78. The molecule has 1 aliphatic rings. The Morgan fingerprint density at radius 2 is 2.24 bits per heavy atom. The quantitative estimate of drug-likeness (QED) is 0.836. The summed E-state index contributed by atoms with van der Waals surface area (Å²) >= 11 is 0. The third-order valence-corrected chi connectivity index (χ3v) is 4.47. The molecule has 134 valence electrons. The molecule has 0 aromatic carbocycles. The highest BCUT2D eigenvalue weighted by atomic mass is 16.5. The minimum Gasteiger partial charge on any atom is -0.376 e. The van der Waals surface area contributed by atoms with Gasteiger partial charge in [0.2, 0.25) is 5.82 Å². The highest BCUT2D eigenvalue weighted by Gasteiger charge is 2.23. The molecule has 0 aliphatic carbocycles. The normalized spacial score (nSPS) is 18.2. The minimum atomic E-state index is -0.306. The Kier molecular flexibility index (Phi) is 5.33. The Balaban J connectivity index is 1.82. The monoisotopic (exact) mass is 344 g/mol. The lowest BCUT2D eigenvalue weighted by molar-refractivity contribution is 0.0848. The molecule has 1 aliphatic heterocycles. The fourth-order valence-corrected chi connectivity index (χ4v) is 2.85. The van der Waals surface area contributed by atoms with Gasteiger partial charge in [0.15, 0.2) is 5.69 Å². The first-order valence-electron chi connectivity index (χ1n) is 8.78. The largest absolute Gasteiger partial charge is 0.376 e. The van der Waals surface area contributed by atoms with Gasteiger partial charge in [-0.25, -0.2) is 4.98 Å². The van der Waals surface area contributed by atoms with Gasteiger partial charge in [0.25, 0.3) is 11.8 Å². The summed E-state index contributed by atoms with van der Waals surface area (Å²) in [5, 5.41) is 5.76. The van der Waals surface area contributed by atoms with Gasteiger partial charge in [-0.3, -0.25) is 14.0 Å². The van der Waals surface area contributed by atoms with Crippen LogP contribution >= 0.6 is 0 Å². The van der Waals surface area contributed by atoms with Gasteiger partial charge in [0.05, 0.1) is 11.6 Å². The summed E-state index contributed by atoms with van der Waals surface area (Å²) in [6.07, 6.45) is 4.59. The lowest BCUT2D eigenvalue weighted by atomic mass is 10.2. The maximum absolute atomic E-state index is 12.5. The summed E-state index contributed by atoms with van der Waals surface area (Å²) < 4.78 is 7.17. The van der Waals surface area contributed by atoms with Crippen molar-refractivity contribution in [3.63, 3.8) is 0 Å². The van der Waals surface area contributed by atoms with Crippen LogP contribution in [0.1, 0.15) is 54.2 Å². The lowest BCUT2D eigenvalue weighted by Gasteiger charge is -2.10. The molecule has 3 rings (SSSR count). The maximum atomic E-state index is 12.5. The van der Waals surface area contributed by atoms with Crippen molar-refractivity contribution in [2.75, 3.05) is 13.2 Å². The third-order valence-electron chi connectivity index (χ3n) is 4.47. The predicted octanol–water partition coefficient (Wildman–Crippen LogP) is 1.77. The molecule has 25 heavy (non-hydrogen) atoms. The van der Waals surface area contributed by atoms with Crippen molar-refractivity contribution >= 4 is 17.3 Å². The zero-order valence-corrected chi connectivity index (χ0v) is 14.6. The number of imidazole rings is 1. The topological polar surface area (TPSA) is 84.7 Å². The van der Waals surface area contributed by atoms with Crippen LogP contribution in [0, 0.1) is 0 Å². The Morgan fingerprint density at radius 1 is 1.40 bits per heavy atom. The van der Waals surface area contributed by atoms with Crippen LogP contribution in [-0.2, 0) is 4.74 Å². The maximum Gasteiger partial charge on any atom is 0.287 e. The van der Waals surface area contributed by atoms with Crippen molar-refractivity contribution in [2.45, 2.75) is 45.3 Å². The van der Waals surface area contributed by atoms with E-state index < -0.39 is 0 Å². The zero-order valence-electron chi connectivity index (χ0n) is 14.6. The average molecular weight is 344 g/mol. The summed E-state index contributed by atoms with van der Waals surface area (Å²) in [6, 6.07) is 5.47. The van der Waals surface area contributed by atoms with Crippen LogP contribution in [0.4, 0.5) is 0 Å². The van der Waals surface area contributed by atoms with E-state index in [1.54, 1.807) is 16.7 Å². The number of aromatic nitrogens is 2. The van der Waals surface area contributed by atoms with Gasteiger partial charge in [-0.15, -0.1) is 0 Å². The molecule has 2 amide bonds. The zero-order chi connectivity index (χ0) is 17.8. The fraction of sp³-hybridized carbons (Fsp3) is 0.500. The number of carbonyl (C=O) groups is 2. The molecule has 2 N–H and O–H groups in total. The average Bonchev–Trinajstić information content (AvgIpc) is 3.27. The molecule has 0 radical (unpaired) electrons. The smallest absolute Gasteiger partial charge is 0.287 e. The molecule has 2 aromatic heterocycles. The molecule has 3 heterocycles. The highest BCUT2D eigenvalue weighted by Crippen LogP contribution is 2.15. The SMILES string of the molecule is CCC(C)NC(=O)c1nc(C(=O)NCC2CCCO2)n2ccccc12. The predicted molar refractivity (Wildman–Crippen MR) is 93.7 cm³/mol. The van der Waals surface area contributed by atoms with Gasteiger partial charge in [0.1, 0.15) is 0 Å². The first-order chi connectivity index (χ1) is 12.1. The van der Waals surface area contributed by atoms with Crippen molar-refractivity contribution in [3.8, 4) is 0 Å². The van der Waals surface area contributed by atoms with Gasteiger partial charge in [-0.05, 0) is 38.3 Å². The molecule has 0 saturated carbocycles. The molecule has 0 bridgehead atoms. The summed E-state index contributed by atoms with van der Waals surface area (Å²) in [4.78, 5) is 29.4. The lowest BCUT2D eigenvalue weighted by Crippen LogP contribution is -2.33. The molecular weight excluding hydrogens is 320 g/mol.